The molecule has 3 rings (SSSR count). The molecular weight excluding hydrogens is 392 g/mol. The zero-order valence-corrected chi connectivity index (χ0v) is 17.4. The molecule has 0 aliphatic heterocycles. The zero-order chi connectivity index (χ0) is 21.2. The van der Waals surface area contributed by atoms with Gasteiger partial charge in [-0.3, -0.25) is 4.79 Å². The third kappa shape index (κ3) is 5.42. The fourth-order valence-electron chi connectivity index (χ4n) is 2.83. The lowest BCUT2D eigenvalue weighted by Gasteiger charge is -2.11. The van der Waals surface area contributed by atoms with Gasteiger partial charge in [0, 0.05) is 11.7 Å². The van der Waals surface area contributed by atoms with E-state index in [0.29, 0.717) is 11.3 Å². The highest BCUT2D eigenvalue weighted by Gasteiger charge is 2.28. The van der Waals surface area contributed by atoms with E-state index in [1.807, 2.05) is 26.0 Å². The van der Waals surface area contributed by atoms with E-state index >= 15 is 0 Å². The van der Waals surface area contributed by atoms with Gasteiger partial charge in [0.15, 0.2) is 6.61 Å². The lowest BCUT2D eigenvalue weighted by molar-refractivity contribution is -0.119. The minimum absolute atomic E-state index is 0.00156. The van der Waals surface area contributed by atoms with Crippen LogP contribution in [0, 0.1) is 20.8 Å². The zero-order valence-electron chi connectivity index (χ0n) is 16.6. The Hall–Kier alpha value is -2.71. The van der Waals surface area contributed by atoms with Gasteiger partial charge in [0.2, 0.25) is 10.0 Å². The number of carbonyl (C=O) groups is 2. The second kappa shape index (κ2) is 8.34. The van der Waals surface area contributed by atoms with E-state index in [1.54, 1.807) is 19.1 Å². The van der Waals surface area contributed by atoms with Gasteiger partial charge in [0.1, 0.15) is 0 Å². The Morgan fingerprint density at radius 2 is 1.76 bits per heavy atom. The molecule has 154 valence electrons. The van der Waals surface area contributed by atoms with Crippen LogP contribution in [0.25, 0.3) is 0 Å². The number of sulfonamides is 1. The molecule has 1 amide bonds. The fourth-order valence-corrected chi connectivity index (χ4v) is 4.16. The van der Waals surface area contributed by atoms with Gasteiger partial charge in [0.05, 0.1) is 10.5 Å². The first-order valence-corrected chi connectivity index (χ1v) is 10.8. The van der Waals surface area contributed by atoms with Crippen LogP contribution in [0.4, 0.5) is 5.69 Å². The number of anilines is 1. The van der Waals surface area contributed by atoms with Crippen LogP contribution < -0.4 is 10.0 Å². The predicted octanol–water partition coefficient (Wildman–Crippen LogP) is 2.85. The number of ether oxygens (including phenoxy) is 1. The first kappa shape index (κ1) is 21.0. The Labute approximate surface area is 170 Å². The molecule has 0 heterocycles. The van der Waals surface area contributed by atoms with Crippen molar-refractivity contribution in [2.75, 3.05) is 11.9 Å². The molecule has 0 atom stereocenters. The maximum absolute atomic E-state index is 12.4. The van der Waals surface area contributed by atoms with E-state index in [4.69, 9.17) is 4.74 Å². The van der Waals surface area contributed by atoms with Crippen molar-refractivity contribution in [3.8, 4) is 0 Å². The Kier molecular flexibility index (Phi) is 6.04. The van der Waals surface area contributed by atoms with Gasteiger partial charge < -0.3 is 10.1 Å². The van der Waals surface area contributed by atoms with E-state index in [0.717, 1.165) is 24.0 Å². The largest absolute Gasteiger partial charge is 0.452 e. The average Bonchev–Trinajstić information content (AvgIpc) is 3.45. The van der Waals surface area contributed by atoms with Gasteiger partial charge in [-0.25, -0.2) is 17.9 Å². The highest BCUT2D eigenvalue weighted by Crippen LogP contribution is 2.23. The predicted molar refractivity (Wildman–Crippen MR) is 109 cm³/mol. The van der Waals surface area contributed by atoms with Crippen LogP contribution in [0.5, 0.6) is 0 Å². The number of rotatable bonds is 7. The Balaban J connectivity index is 1.65. The topological polar surface area (TPSA) is 102 Å². The third-order valence-electron chi connectivity index (χ3n) is 4.63. The molecule has 2 N–H and O–H groups in total. The number of nitrogens with one attached hydrogen (secondary N) is 2. The van der Waals surface area contributed by atoms with Crippen molar-refractivity contribution < 1.29 is 22.7 Å². The molecule has 1 aliphatic carbocycles. The summed E-state index contributed by atoms with van der Waals surface area (Å²) in [5.74, 6) is -1.22. The number of carbonyl (C=O) groups excluding carboxylic acids is 2. The molecule has 7 nitrogen and oxygen atoms in total. The molecule has 0 bridgehead atoms. The molecule has 0 saturated heterocycles. The summed E-state index contributed by atoms with van der Waals surface area (Å²) in [6.45, 7) is 5.04. The third-order valence-corrected chi connectivity index (χ3v) is 6.15. The molecule has 1 aliphatic rings. The van der Waals surface area contributed by atoms with Crippen LogP contribution >= 0.6 is 0 Å². The molecule has 0 radical (unpaired) electrons. The summed E-state index contributed by atoms with van der Waals surface area (Å²) in [4.78, 5) is 24.6. The van der Waals surface area contributed by atoms with Crippen LogP contribution in [0.1, 0.15) is 39.9 Å². The molecule has 2 aromatic carbocycles. The standard InChI is InChI=1S/C21H24N2O5S/c1-13-4-9-19(15(3)10-13)22-20(24)12-28-21(25)18-11-17(8-5-14(18)2)29(26,27)23-16-6-7-16/h4-5,8-11,16,23H,6-7,12H2,1-3H3,(H,22,24). The van der Waals surface area contributed by atoms with E-state index in [-0.39, 0.29) is 16.5 Å². The summed E-state index contributed by atoms with van der Waals surface area (Å²) in [5, 5.41) is 2.70. The summed E-state index contributed by atoms with van der Waals surface area (Å²) in [7, 11) is -3.69. The molecule has 2 aromatic rings. The summed E-state index contributed by atoms with van der Waals surface area (Å²) in [5.41, 5.74) is 3.31. The number of amides is 1. The smallest absolute Gasteiger partial charge is 0.338 e. The summed E-state index contributed by atoms with van der Waals surface area (Å²) in [6.07, 6.45) is 1.63. The van der Waals surface area contributed by atoms with Crippen molar-refractivity contribution >= 4 is 27.6 Å². The quantitative estimate of drug-likeness (QED) is 0.676. The highest BCUT2D eigenvalue weighted by atomic mass is 32.2. The SMILES string of the molecule is Cc1ccc(NC(=O)COC(=O)c2cc(S(=O)(=O)NC3CC3)ccc2C)c(C)c1. The van der Waals surface area contributed by atoms with Gasteiger partial charge in [-0.05, 0) is 62.9 Å². The van der Waals surface area contributed by atoms with Crippen LogP contribution in [0.2, 0.25) is 0 Å². The minimum atomic E-state index is -3.69. The van der Waals surface area contributed by atoms with E-state index in [1.165, 1.54) is 12.1 Å². The number of esters is 1. The highest BCUT2D eigenvalue weighted by molar-refractivity contribution is 7.89. The van der Waals surface area contributed by atoms with Crippen LogP contribution in [-0.4, -0.2) is 32.9 Å². The average molecular weight is 416 g/mol. The van der Waals surface area contributed by atoms with Crippen LogP contribution in [-0.2, 0) is 19.6 Å². The molecule has 0 aromatic heterocycles. The summed E-state index contributed by atoms with van der Waals surface area (Å²) >= 11 is 0. The first-order chi connectivity index (χ1) is 13.7. The van der Waals surface area contributed by atoms with Crippen molar-refractivity contribution in [3.63, 3.8) is 0 Å². The van der Waals surface area contributed by atoms with Crippen LogP contribution in [0.3, 0.4) is 0 Å². The second-order valence-electron chi connectivity index (χ2n) is 7.31. The number of benzene rings is 2. The second-order valence-corrected chi connectivity index (χ2v) is 9.03. The van der Waals surface area contributed by atoms with Crippen molar-refractivity contribution in [2.45, 2.75) is 44.6 Å². The van der Waals surface area contributed by atoms with Gasteiger partial charge in [-0.2, -0.15) is 0 Å². The maximum atomic E-state index is 12.4. The lowest BCUT2D eigenvalue weighted by atomic mass is 10.1. The van der Waals surface area contributed by atoms with Gasteiger partial charge >= 0.3 is 5.97 Å². The Morgan fingerprint density at radius 3 is 2.41 bits per heavy atom. The van der Waals surface area contributed by atoms with E-state index < -0.39 is 28.5 Å². The molecule has 29 heavy (non-hydrogen) atoms. The molecule has 1 fully saturated rings. The molecule has 0 unspecified atom stereocenters. The van der Waals surface area contributed by atoms with Gasteiger partial charge in [0.25, 0.3) is 5.91 Å². The summed E-state index contributed by atoms with van der Waals surface area (Å²) in [6, 6.07) is 9.84. The fraction of sp³-hybridized carbons (Fsp3) is 0.333. The summed E-state index contributed by atoms with van der Waals surface area (Å²) < 4.78 is 32.4. The molecule has 8 heteroatoms. The van der Waals surface area contributed by atoms with Crippen molar-refractivity contribution in [2.24, 2.45) is 0 Å². The number of hydrogen-bond acceptors (Lipinski definition) is 5. The van der Waals surface area contributed by atoms with Crippen molar-refractivity contribution in [1.82, 2.24) is 4.72 Å². The molecular formula is C21H24N2O5S. The van der Waals surface area contributed by atoms with Gasteiger partial charge in [-0.15, -0.1) is 0 Å². The number of hydrogen-bond donors (Lipinski definition) is 2. The normalized spacial score (nSPS) is 13.8. The monoisotopic (exact) mass is 416 g/mol. The van der Waals surface area contributed by atoms with Gasteiger partial charge in [-0.1, -0.05) is 23.8 Å². The van der Waals surface area contributed by atoms with E-state index in [2.05, 4.69) is 10.0 Å². The Bertz CT molecular complexity index is 1060. The maximum Gasteiger partial charge on any atom is 0.338 e. The van der Waals surface area contributed by atoms with Crippen LogP contribution in [0.15, 0.2) is 41.3 Å². The Morgan fingerprint density at radius 1 is 1.03 bits per heavy atom. The van der Waals surface area contributed by atoms with E-state index in [9.17, 15) is 18.0 Å². The molecule has 0 spiro atoms. The van der Waals surface area contributed by atoms with Crippen molar-refractivity contribution in [3.05, 3.63) is 58.7 Å². The van der Waals surface area contributed by atoms with Crippen molar-refractivity contribution in [1.29, 1.82) is 0 Å². The molecule has 1 saturated carbocycles. The minimum Gasteiger partial charge on any atom is -0.452 e. The number of aryl methyl sites for hydroxylation is 3. The first-order valence-electron chi connectivity index (χ1n) is 9.33. The lowest BCUT2D eigenvalue weighted by Crippen LogP contribution is -2.26.